The van der Waals surface area contributed by atoms with Crippen LogP contribution < -0.4 is 5.32 Å². The third-order valence-electron chi connectivity index (χ3n) is 5.60. The van der Waals surface area contributed by atoms with Gasteiger partial charge in [-0.15, -0.1) is 0 Å². The molecule has 0 bridgehead atoms. The molecule has 1 aromatic carbocycles. The minimum Gasteiger partial charge on any atom is -0.375 e. The fourth-order valence-electron chi connectivity index (χ4n) is 4.26. The Balaban J connectivity index is 1.74. The van der Waals surface area contributed by atoms with Gasteiger partial charge in [-0.3, -0.25) is 4.79 Å². The normalized spacial score (nSPS) is 21.8. The van der Waals surface area contributed by atoms with Crippen LogP contribution >= 0.6 is 15.9 Å². The second-order valence-corrected chi connectivity index (χ2v) is 8.18. The Hall–Kier alpha value is -0.830. The molecule has 3 heteroatoms. The second kappa shape index (κ2) is 8.32. The van der Waals surface area contributed by atoms with E-state index >= 15 is 0 Å². The molecule has 0 radical (unpaired) electrons. The van der Waals surface area contributed by atoms with E-state index < -0.39 is 0 Å². The van der Waals surface area contributed by atoms with Crippen molar-refractivity contribution in [3.8, 4) is 0 Å². The zero-order valence-electron chi connectivity index (χ0n) is 13.9. The summed E-state index contributed by atoms with van der Waals surface area (Å²) < 4.78 is 1.08. The topological polar surface area (TPSA) is 29.1 Å². The van der Waals surface area contributed by atoms with Crippen molar-refractivity contribution in [2.75, 3.05) is 5.32 Å². The third-order valence-corrected chi connectivity index (χ3v) is 6.13. The summed E-state index contributed by atoms with van der Waals surface area (Å²) >= 11 is 3.49. The van der Waals surface area contributed by atoms with Crippen LogP contribution in [0.25, 0.3) is 0 Å². The van der Waals surface area contributed by atoms with Crippen LogP contribution in [0.3, 0.4) is 0 Å². The highest BCUT2D eigenvalue weighted by molar-refractivity contribution is 9.10. The predicted octanol–water partition coefficient (Wildman–Crippen LogP) is 5.96. The molecular weight excluding hydrogens is 350 g/mol. The van der Waals surface area contributed by atoms with Crippen LogP contribution in [-0.4, -0.2) is 11.8 Å². The number of hydrogen-bond donors (Lipinski definition) is 1. The Morgan fingerprint density at radius 3 is 2.09 bits per heavy atom. The number of hydrogen-bond acceptors (Lipinski definition) is 2. The highest BCUT2D eigenvalue weighted by atomic mass is 79.9. The first kappa shape index (κ1) is 17.0. The molecule has 2 aliphatic rings. The summed E-state index contributed by atoms with van der Waals surface area (Å²) in [4.78, 5) is 13.2. The predicted molar refractivity (Wildman–Crippen MR) is 99.7 cm³/mol. The van der Waals surface area contributed by atoms with Gasteiger partial charge in [0.15, 0.2) is 5.78 Å². The lowest BCUT2D eigenvalue weighted by Gasteiger charge is -2.34. The Bertz CT molecular complexity index is 501. The number of halogens is 1. The minimum absolute atomic E-state index is 0.0135. The van der Waals surface area contributed by atoms with Crippen LogP contribution in [0.15, 0.2) is 28.7 Å². The second-order valence-electron chi connectivity index (χ2n) is 7.26. The van der Waals surface area contributed by atoms with Gasteiger partial charge in [-0.2, -0.15) is 0 Å². The number of carbonyl (C=O) groups is 1. The molecular formula is C20H28BrNO. The van der Waals surface area contributed by atoms with Crippen LogP contribution in [0.4, 0.5) is 5.69 Å². The van der Waals surface area contributed by atoms with Gasteiger partial charge in [-0.05, 0) is 55.9 Å². The Labute approximate surface area is 148 Å². The molecule has 0 heterocycles. The molecule has 2 saturated carbocycles. The summed E-state index contributed by atoms with van der Waals surface area (Å²) in [6.45, 7) is 0. The summed E-state index contributed by atoms with van der Waals surface area (Å²) in [6.07, 6.45) is 12.3. The van der Waals surface area contributed by atoms with Gasteiger partial charge in [-0.1, -0.05) is 54.5 Å². The van der Waals surface area contributed by atoms with Gasteiger partial charge in [-0.25, -0.2) is 0 Å². The van der Waals surface area contributed by atoms with Crippen molar-refractivity contribution in [3.63, 3.8) is 0 Å². The number of rotatable bonds is 5. The third kappa shape index (κ3) is 4.59. The first-order valence-corrected chi connectivity index (χ1v) is 10.1. The van der Waals surface area contributed by atoms with E-state index in [2.05, 4.69) is 33.4 Å². The molecule has 0 spiro atoms. The zero-order chi connectivity index (χ0) is 16.1. The number of anilines is 1. The standard InChI is InChI=1S/C20H28BrNO/c21-17-11-13-18(14-12-17)22-19(15-7-3-1-4-8-15)20(23)16-9-5-2-6-10-16/h11-16,19,22H,1-10H2/t19-/m1/s1. The largest absolute Gasteiger partial charge is 0.375 e. The summed E-state index contributed by atoms with van der Waals surface area (Å²) in [5, 5.41) is 3.60. The van der Waals surface area contributed by atoms with Crippen molar-refractivity contribution >= 4 is 27.4 Å². The monoisotopic (exact) mass is 377 g/mol. The van der Waals surface area contributed by atoms with Crippen molar-refractivity contribution < 1.29 is 4.79 Å². The van der Waals surface area contributed by atoms with E-state index in [1.54, 1.807) is 0 Å². The van der Waals surface area contributed by atoms with E-state index in [9.17, 15) is 4.79 Å². The molecule has 23 heavy (non-hydrogen) atoms. The van der Waals surface area contributed by atoms with Crippen molar-refractivity contribution in [2.45, 2.75) is 70.3 Å². The van der Waals surface area contributed by atoms with Crippen LogP contribution in [0, 0.1) is 11.8 Å². The Morgan fingerprint density at radius 1 is 0.913 bits per heavy atom. The van der Waals surface area contributed by atoms with E-state index in [0.29, 0.717) is 17.6 Å². The van der Waals surface area contributed by atoms with Crippen LogP contribution in [-0.2, 0) is 4.79 Å². The fraction of sp³-hybridized carbons (Fsp3) is 0.650. The van der Waals surface area contributed by atoms with Gasteiger partial charge >= 0.3 is 0 Å². The minimum atomic E-state index is 0.0135. The van der Waals surface area contributed by atoms with Gasteiger partial charge < -0.3 is 5.32 Å². The fourth-order valence-corrected chi connectivity index (χ4v) is 4.52. The molecule has 2 nitrogen and oxygen atoms in total. The van der Waals surface area contributed by atoms with Crippen LogP contribution in [0.1, 0.15) is 64.2 Å². The first-order chi connectivity index (χ1) is 11.2. The maximum atomic E-state index is 13.2. The Morgan fingerprint density at radius 2 is 1.48 bits per heavy atom. The number of benzene rings is 1. The summed E-state index contributed by atoms with van der Waals surface area (Å²) in [5.74, 6) is 1.29. The number of nitrogens with one attached hydrogen (secondary N) is 1. The molecule has 0 unspecified atom stereocenters. The molecule has 1 atom stereocenters. The lowest BCUT2D eigenvalue weighted by Crippen LogP contribution is -2.42. The van der Waals surface area contributed by atoms with E-state index in [-0.39, 0.29) is 6.04 Å². The van der Waals surface area contributed by atoms with Crippen molar-refractivity contribution in [1.29, 1.82) is 0 Å². The van der Waals surface area contributed by atoms with Crippen molar-refractivity contribution in [2.24, 2.45) is 11.8 Å². The molecule has 126 valence electrons. The lowest BCUT2D eigenvalue weighted by atomic mass is 9.76. The number of carbonyl (C=O) groups excluding carboxylic acids is 1. The summed E-state index contributed by atoms with van der Waals surface area (Å²) in [7, 11) is 0. The molecule has 1 aromatic rings. The lowest BCUT2D eigenvalue weighted by molar-refractivity contribution is -0.125. The summed E-state index contributed by atoms with van der Waals surface area (Å²) in [6, 6.07) is 8.26. The van der Waals surface area contributed by atoms with Gasteiger partial charge in [0.2, 0.25) is 0 Å². The summed E-state index contributed by atoms with van der Waals surface area (Å²) in [5.41, 5.74) is 1.08. The molecule has 0 amide bonds. The smallest absolute Gasteiger partial charge is 0.158 e. The maximum absolute atomic E-state index is 13.2. The zero-order valence-corrected chi connectivity index (χ0v) is 15.5. The van der Waals surface area contributed by atoms with Crippen LogP contribution in [0.5, 0.6) is 0 Å². The molecule has 2 fully saturated rings. The quantitative estimate of drug-likeness (QED) is 0.685. The van der Waals surface area contributed by atoms with Gasteiger partial charge in [0, 0.05) is 16.1 Å². The van der Waals surface area contributed by atoms with Crippen molar-refractivity contribution in [3.05, 3.63) is 28.7 Å². The van der Waals surface area contributed by atoms with E-state index in [0.717, 1.165) is 23.0 Å². The highest BCUT2D eigenvalue weighted by Crippen LogP contribution is 2.33. The van der Waals surface area contributed by atoms with Crippen molar-refractivity contribution in [1.82, 2.24) is 0 Å². The average Bonchev–Trinajstić information content (AvgIpc) is 2.62. The molecule has 1 N–H and O–H groups in total. The van der Waals surface area contributed by atoms with Gasteiger partial charge in [0.05, 0.1) is 6.04 Å². The van der Waals surface area contributed by atoms with Gasteiger partial charge in [0.1, 0.15) is 0 Å². The molecule has 0 saturated heterocycles. The number of ketones is 1. The number of Topliss-reactive ketones (excluding diaryl/α,β-unsaturated/α-hetero) is 1. The molecule has 2 aliphatic carbocycles. The van der Waals surface area contributed by atoms with Gasteiger partial charge in [0.25, 0.3) is 0 Å². The SMILES string of the molecule is O=C(C1CCCCC1)[C@H](Nc1ccc(Br)cc1)C1CCCCC1. The molecule has 3 rings (SSSR count). The van der Waals surface area contributed by atoms with E-state index in [1.807, 2.05) is 12.1 Å². The van der Waals surface area contributed by atoms with Crippen LogP contribution in [0.2, 0.25) is 0 Å². The molecule has 0 aromatic heterocycles. The first-order valence-electron chi connectivity index (χ1n) is 9.30. The molecule has 0 aliphatic heterocycles. The van der Waals surface area contributed by atoms with E-state index in [1.165, 1.54) is 51.4 Å². The average molecular weight is 378 g/mol. The highest BCUT2D eigenvalue weighted by Gasteiger charge is 2.34. The Kier molecular flexibility index (Phi) is 6.15. The van der Waals surface area contributed by atoms with E-state index in [4.69, 9.17) is 0 Å². The maximum Gasteiger partial charge on any atom is 0.158 e.